The molecule has 1 fully saturated rings. The average molecular weight is 326 g/mol. The second kappa shape index (κ2) is 6.83. The predicted octanol–water partition coefficient (Wildman–Crippen LogP) is 3.26. The second-order valence-electron chi connectivity index (χ2n) is 6.98. The minimum atomic E-state index is -0.558. The smallest absolute Gasteiger partial charge is 0.410 e. The molecule has 0 aliphatic carbocycles. The SMILES string of the molecule is CC(C)(C)OC(=O)N1CCC(C(CN)c2cc(F)ccc2F)C1. The molecule has 2 atom stereocenters. The van der Waals surface area contributed by atoms with E-state index in [-0.39, 0.29) is 30.0 Å². The third kappa shape index (κ3) is 4.41. The molecular formula is C17H24F2N2O2. The first-order valence-corrected chi connectivity index (χ1v) is 7.84. The van der Waals surface area contributed by atoms with Crippen molar-refractivity contribution in [3.8, 4) is 0 Å². The maximum absolute atomic E-state index is 14.0. The summed E-state index contributed by atoms with van der Waals surface area (Å²) in [5.74, 6) is -1.28. The van der Waals surface area contributed by atoms with Crippen molar-refractivity contribution >= 4 is 6.09 Å². The van der Waals surface area contributed by atoms with Crippen LogP contribution in [-0.4, -0.2) is 36.2 Å². The second-order valence-corrected chi connectivity index (χ2v) is 6.98. The van der Waals surface area contributed by atoms with E-state index in [1.54, 1.807) is 4.90 Å². The van der Waals surface area contributed by atoms with Crippen molar-refractivity contribution in [1.82, 2.24) is 4.90 Å². The number of carbonyl (C=O) groups is 1. The Balaban J connectivity index is 2.10. The lowest BCUT2D eigenvalue weighted by atomic mass is 9.85. The van der Waals surface area contributed by atoms with E-state index >= 15 is 0 Å². The normalized spacial score (nSPS) is 19.7. The van der Waals surface area contributed by atoms with Gasteiger partial charge in [-0.1, -0.05) is 0 Å². The van der Waals surface area contributed by atoms with Gasteiger partial charge in [-0.2, -0.15) is 0 Å². The molecule has 1 aliphatic rings. The number of benzene rings is 1. The van der Waals surface area contributed by atoms with E-state index in [0.717, 1.165) is 12.1 Å². The Morgan fingerprint density at radius 2 is 2.13 bits per heavy atom. The summed E-state index contributed by atoms with van der Waals surface area (Å²) in [6.07, 6.45) is 0.312. The topological polar surface area (TPSA) is 55.6 Å². The number of halogens is 2. The Morgan fingerprint density at radius 1 is 1.43 bits per heavy atom. The maximum atomic E-state index is 14.0. The number of likely N-dealkylation sites (tertiary alicyclic amines) is 1. The first kappa shape index (κ1) is 17.7. The zero-order valence-corrected chi connectivity index (χ0v) is 13.8. The van der Waals surface area contributed by atoms with Gasteiger partial charge in [0.15, 0.2) is 0 Å². The van der Waals surface area contributed by atoms with Crippen molar-refractivity contribution in [3.63, 3.8) is 0 Å². The van der Waals surface area contributed by atoms with Crippen molar-refractivity contribution in [2.45, 2.75) is 38.7 Å². The van der Waals surface area contributed by atoms with Crippen molar-refractivity contribution < 1.29 is 18.3 Å². The predicted molar refractivity (Wildman–Crippen MR) is 84.1 cm³/mol. The number of hydrogen-bond acceptors (Lipinski definition) is 3. The summed E-state index contributed by atoms with van der Waals surface area (Å²) < 4.78 is 32.8. The van der Waals surface area contributed by atoms with Crippen molar-refractivity contribution in [2.24, 2.45) is 11.7 Å². The van der Waals surface area contributed by atoms with Gasteiger partial charge in [0.25, 0.3) is 0 Å². The third-order valence-electron chi connectivity index (χ3n) is 4.06. The Morgan fingerprint density at radius 3 is 2.74 bits per heavy atom. The molecule has 0 aromatic heterocycles. The zero-order valence-electron chi connectivity index (χ0n) is 13.8. The van der Waals surface area contributed by atoms with Crippen molar-refractivity contribution in [1.29, 1.82) is 0 Å². The van der Waals surface area contributed by atoms with E-state index in [1.807, 2.05) is 20.8 Å². The lowest BCUT2D eigenvalue weighted by Crippen LogP contribution is -2.36. The van der Waals surface area contributed by atoms with Crippen LogP contribution in [0.1, 0.15) is 38.7 Å². The first-order valence-electron chi connectivity index (χ1n) is 7.84. The van der Waals surface area contributed by atoms with Crippen LogP contribution < -0.4 is 5.73 Å². The molecule has 1 saturated heterocycles. The van der Waals surface area contributed by atoms with Crippen LogP contribution in [0.2, 0.25) is 0 Å². The van der Waals surface area contributed by atoms with Gasteiger partial charge in [0.2, 0.25) is 0 Å². The maximum Gasteiger partial charge on any atom is 0.410 e. The number of nitrogens with zero attached hydrogens (tertiary/aromatic N) is 1. The van der Waals surface area contributed by atoms with Crippen LogP contribution in [0.25, 0.3) is 0 Å². The van der Waals surface area contributed by atoms with E-state index in [4.69, 9.17) is 10.5 Å². The van der Waals surface area contributed by atoms with Crippen molar-refractivity contribution in [3.05, 3.63) is 35.4 Å². The van der Waals surface area contributed by atoms with E-state index < -0.39 is 17.2 Å². The molecular weight excluding hydrogens is 302 g/mol. The third-order valence-corrected chi connectivity index (χ3v) is 4.06. The molecule has 23 heavy (non-hydrogen) atoms. The average Bonchev–Trinajstić information content (AvgIpc) is 2.91. The van der Waals surface area contributed by atoms with Crippen LogP contribution in [0.15, 0.2) is 18.2 Å². The summed E-state index contributed by atoms with van der Waals surface area (Å²) >= 11 is 0. The fourth-order valence-corrected chi connectivity index (χ4v) is 2.98. The van der Waals surface area contributed by atoms with Gasteiger partial charge in [-0.15, -0.1) is 0 Å². The highest BCUT2D eigenvalue weighted by Gasteiger charge is 2.35. The van der Waals surface area contributed by atoms with Crippen LogP contribution in [0.5, 0.6) is 0 Å². The quantitative estimate of drug-likeness (QED) is 0.927. The van der Waals surface area contributed by atoms with Crippen LogP contribution in [-0.2, 0) is 4.74 Å². The lowest BCUT2D eigenvalue weighted by Gasteiger charge is -2.26. The molecule has 6 heteroatoms. The minimum absolute atomic E-state index is 0.0104. The zero-order chi connectivity index (χ0) is 17.2. The van der Waals surface area contributed by atoms with Crippen molar-refractivity contribution in [2.75, 3.05) is 19.6 Å². The summed E-state index contributed by atoms with van der Waals surface area (Å²) in [5, 5.41) is 0. The molecule has 0 saturated carbocycles. The van der Waals surface area contributed by atoms with Crippen LogP contribution in [0.3, 0.4) is 0 Å². The molecule has 2 rings (SSSR count). The number of ether oxygens (including phenoxy) is 1. The van der Waals surface area contributed by atoms with E-state index in [0.29, 0.717) is 19.5 Å². The molecule has 0 radical (unpaired) electrons. The number of rotatable bonds is 3. The van der Waals surface area contributed by atoms with Crippen LogP contribution in [0, 0.1) is 17.6 Å². The van der Waals surface area contributed by atoms with Crippen LogP contribution in [0.4, 0.5) is 13.6 Å². The highest BCUT2D eigenvalue weighted by Crippen LogP contribution is 2.33. The summed E-state index contributed by atoms with van der Waals surface area (Å²) in [5.41, 5.74) is 5.53. The van der Waals surface area contributed by atoms with E-state index in [1.165, 1.54) is 6.07 Å². The Bertz CT molecular complexity index is 572. The summed E-state index contributed by atoms with van der Waals surface area (Å²) in [7, 11) is 0. The monoisotopic (exact) mass is 326 g/mol. The van der Waals surface area contributed by atoms with Gasteiger partial charge in [0.1, 0.15) is 17.2 Å². The molecule has 2 N–H and O–H groups in total. The van der Waals surface area contributed by atoms with Gasteiger partial charge in [-0.25, -0.2) is 13.6 Å². The molecule has 1 aromatic carbocycles. The van der Waals surface area contributed by atoms with Gasteiger partial charge in [0.05, 0.1) is 0 Å². The van der Waals surface area contributed by atoms with Gasteiger partial charge in [-0.05, 0) is 63.4 Å². The van der Waals surface area contributed by atoms with Gasteiger partial charge in [-0.3, -0.25) is 0 Å². The minimum Gasteiger partial charge on any atom is -0.444 e. The largest absolute Gasteiger partial charge is 0.444 e. The molecule has 1 aromatic rings. The number of hydrogen-bond donors (Lipinski definition) is 1. The molecule has 1 heterocycles. The van der Waals surface area contributed by atoms with E-state index in [2.05, 4.69) is 0 Å². The molecule has 4 nitrogen and oxygen atoms in total. The highest BCUT2D eigenvalue weighted by atomic mass is 19.1. The highest BCUT2D eigenvalue weighted by molar-refractivity contribution is 5.68. The Hall–Kier alpha value is -1.69. The molecule has 0 spiro atoms. The fourth-order valence-electron chi connectivity index (χ4n) is 2.98. The van der Waals surface area contributed by atoms with Gasteiger partial charge < -0.3 is 15.4 Å². The fraction of sp³-hybridized carbons (Fsp3) is 0.588. The summed E-state index contributed by atoms with van der Waals surface area (Å²) in [6, 6.07) is 3.41. The van der Waals surface area contributed by atoms with Gasteiger partial charge >= 0.3 is 6.09 Å². The molecule has 1 amide bonds. The summed E-state index contributed by atoms with van der Waals surface area (Å²) in [6.45, 7) is 6.60. The Kier molecular flexibility index (Phi) is 5.24. The Labute approximate surface area is 135 Å². The van der Waals surface area contributed by atoms with Gasteiger partial charge in [0, 0.05) is 19.0 Å². The molecule has 0 bridgehead atoms. The lowest BCUT2D eigenvalue weighted by molar-refractivity contribution is 0.0286. The molecule has 1 aliphatic heterocycles. The number of amides is 1. The number of nitrogens with two attached hydrogens (primary N) is 1. The number of carbonyl (C=O) groups excluding carboxylic acids is 1. The van der Waals surface area contributed by atoms with E-state index in [9.17, 15) is 13.6 Å². The molecule has 128 valence electrons. The van der Waals surface area contributed by atoms with Crippen LogP contribution >= 0.6 is 0 Å². The standard InChI is InChI=1S/C17H24F2N2O2/c1-17(2,3)23-16(22)21-7-6-11(10-21)14(9-20)13-8-12(18)4-5-15(13)19/h4-5,8,11,14H,6-7,9-10,20H2,1-3H3. The first-order chi connectivity index (χ1) is 10.7. The molecule has 2 unspecified atom stereocenters. The summed E-state index contributed by atoms with van der Waals surface area (Å²) in [4.78, 5) is 13.7.